The molecule has 0 aliphatic carbocycles. The number of nitrogens with one attached hydrogen (secondary N) is 1. The van der Waals surface area contributed by atoms with E-state index in [9.17, 15) is 9.59 Å². The Morgan fingerprint density at radius 2 is 1.86 bits per heavy atom. The van der Waals surface area contributed by atoms with Gasteiger partial charge in [0.05, 0.1) is 17.0 Å². The number of aromatic nitrogens is 2. The molecule has 0 saturated carbocycles. The SMILES string of the molecule is O=C(CSc1nc2ccsc2c(=O)n1-c1ccccc1)Nc1ccc(Cl)cc1. The minimum absolute atomic E-state index is 0.123. The number of para-hydroxylation sites is 1. The van der Waals surface area contributed by atoms with Crippen LogP contribution in [0, 0.1) is 0 Å². The van der Waals surface area contributed by atoms with Gasteiger partial charge in [-0.25, -0.2) is 4.98 Å². The van der Waals surface area contributed by atoms with Crippen LogP contribution in [-0.4, -0.2) is 21.2 Å². The fourth-order valence-electron chi connectivity index (χ4n) is 2.65. The van der Waals surface area contributed by atoms with Crippen LogP contribution in [0.3, 0.4) is 0 Å². The van der Waals surface area contributed by atoms with E-state index in [0.29, 0.717) is 26.1 Å². The summed E-state index contributed by atoms with van der Waals surface area (Å²) >= 11 is 8.45. The molecule has 1 amide bonds. The number of halogens is 1. The highest BCUT2D eigenvalue weighted by Crippen LogP contribution is 2.24. The Morgan fingerprint density at radius 1 is 1.11 bits per heavy atom. The molecule has 5 nitrogen and oxygen atoms in total. The second-order valence-electron chi connectivity index (χ2n) is 5.85. The van der Waals surface area contributed by atoms with Gasteiger partial charge in [-0.05, 0) is 47.8 Å². The lowest BCUT2D eigenvalue weighted by Crippen LogP contribution is -2.22. The first-order valence-corrected chi connectivity index (χ1v) is 10.6. The predicted octanol–water partition coefficient (Wildman–Crippen LogP) is 4.83. The second-order valence-corrected chi connectivity index (χ2v) is 8.14. The summed E-state index contributed by atoms with van der Waals surface area (Å²) in [5.74, 6) is -0.0658. The molecule has 0 aliphatic heterocycles. The molecule has 4 rings (SSSR count). The van der Waals surface area contributed by atoms with Crippen LogP contribution in [0.4, 0.5) is 5.69 Å². The number of nitrogens with zero attached hydrogens (tertiary/aromatic N) is 2. The number of carbonyl (C=O) groups excluding carboxylic acids is 1. The van der Waals surface area contributed by atoms with E-state index in [1.165, 1.54) is 23.1 Å². The molecule has 2 aromatic heterocycles. The summed E-state index contributed by atoms with van der Waals surface area (Å²) in [6.07, 6.45) is 0. The highest BCUT2D eigenvalue weighted by atomic mass is 35.5. The Kier molecular flexibility index (Phi) is 5.47. The van der Waals surface area contributed by atoms with Gasteiger partial charge in [-0.3, -0.25) is 14.2 Å². The number of hydrogen-bond acceptors (Lipinski definition) is 5. The van der Waals surface area contributed by atoms with Gasteiger partial charge < -0.3 is 5.32 Å². The lowest BCUT2D eigenvalue weighted by atomic mass is 10.3. The third-order valence-electron chi connectivity index (χ3n) is 3.92. The van der Waals surface area contributed by atoms with E-state index in [4.69, 9.17) is 11.6 Å². The van der Waals surface area contributed by atoms with Crippen molar-refractivity contribution in [2.24, 2.45) is 0 Å². The molecule has 2 aromatic carbocycles. The van der Waals surface area contributed by atoms with Crippen molar-refractivity contribution in [1.82, 2.24) is 9.55 Å². The van der Waals surface area contributed by atoms with Crippen molar-refractivity contribution in [3.8, 4) is 5.69 Å². The molecule has 8 heteroatoms. The van der Waals surface area contributed by atoms with E-state index in [1.807, 2.05) is 41.8 Å². The summed E-state index contributed by atoms with van der Waals surface area (Å²) in [7, 11) is 0. The monoisotopic (exact) mass is 427 g/mol. The second kappa shape index (κ2) is 8.18. The number of hydrogen-bond donors (Lipinski definition) is 1. The van der Waals surface area contributed by atoms with Crippen LogP contribution in [0.1, 0.15) is 0 Å². The first kappa shape index (κ1) is 18.7. The molecule has 28 heavy (non-hydrogen) atoms. The maximum Gasteiger partial charge on any atom is 0.276 e. The average Bonchev–Trinajstić information content (AvgIpc) is 3.18. The third-order valence-corrected chi connectivity index (χ3v) is 6.01. The maximum absolute atomic E-state index is 13.0. The number of anilines is 1. The van der Waals surface area contributed by atoms with Crippen molar-refractivity contribution in [3.63, 3.8) is 0 Å². The zero-order chi connectivity index (χ0) is 19.5. The fraction of sp³-hybridized carbons (Fsp3) is 0.0500. The van der Waals surface area contributed by atoms with E-state index >= 15 is 0 Å². The van der Waals surface area contributed by atoms with Gasteiger partial charge in [0, 0.05) is 10.7 Å². The fourth-order valence-corrected chi connectivity index (χ4v) is 4.35. The van der Waals surface area contributed by atoms with E-state index < -0.39 is 0 Å². The number of carbonyl (C=O) groups is 1. The highest BCUT2D eigenvalue weighted by molar-refractivity contribution is 7.99. The van der Waals surface area contributed by atoms with Crippen LogP contribution in [0.2, 0.25) is 5.02 Å². The number of fused-ring (bicyclic) bond motifs is 1. The molecular weight excluding hydrogens is 414 g/mol. The van der Waals surface area contributed by atoms with Crippen molar-refractivity contribution < 1.29 is 4.79 Å². The van der Waals surface area contributed by atoms with Crippen LogP contribution in [-0.2, 0) is 4.79 Å². The number of rotatable bonds is 5. The molecule has 0 saturated heterocycles. The molecule has 140 valence electrons. The lowest BCUT2D eigenvalue weighted by molar-refractivity contribution is -0.113. The molecule has 0 unspecified atom stereocenters. The largest absolute Gasteiger partial charge is 0.325 e. The molecule has 0 radical (unpaired) electrons. The number of benzene rings is 2. The molecule has 0 spiro atoms. The standard InChI is InChI=1S/C20H14ClN3O2S2/c21-13-6-8-14(9-7-13)22-17(25)12-28-20-23-16-10-11-27-18(16)19(26)24(20)15-4-2-1-3-5-15/h1-11H,12H2,(H,22,25). The van der Waals surface area contributed by atoms with Gasteiger partial charge >= 0.3 is 0 Å². The van der Waals surface area contributed by atoms with E-state index in [1.54, 1.807) is 28.8 Å². The van der Waals surface area contributed by atoms with Crippen LogP contribution in [0.5, 0.6) is 0 Å². The molecule has 2 heterocycles. The quantitative estimate of drug-likeness (QED) is 0.366. The summed E-state index contributed by atoms with van der Waals surface area (Å²) in [6, 6.07) is 18.0. The Hall–Kier alpha value is -2.61. The summed E-state index contributed by atoms with van der Waals surface area (Å²) in [6.45, 7) is 0. The van der Waals surface area contributed by atoms with Crippen molar-refractivity contribution in [1.29, 1.82) is 0 Å². The Labute approximate surface area is 174 Å². The number of amides is 1. The van der Waals surface area contributed by atoms with Gasteiger partial charge in [-0.2, -0.15) is 0 Å². The molecule has 0 bridgehead atoms. The van der Waals surface area contributed by atoms with Crippen molar-refractivity contribution in [3.05, 3.63) is 81.4 Å². The van der Waals surface area contributed by atoms with Gasteiger partial charge in [-0.1, -0.05) is 41.6 Å². The van der Waals surface area contributed by atoms with E-state index in [-0.39, 0.29) is 17.2 Å². The Morgan fingerprint density at radius 3 is 2.61 bits per heavy atom. The topological polar surface area (TPSA) is 64.0 Å². The highest BCUT2D eigenvalue weighted by Gasteiger charge is 2.15. The third kappa shape index (κ3) is 3.96. The van der Waals surface area contributed by atoms with Crippen molar-refractivity contribution >= 4 is 56.5 Å². The summed E-state index contributed by atoms with van der Waals surface area (Å²) in [5, 5.41) is 5.74. The predicted molar refractivity (Wildman–Crippen MR) is 116 cm³/mol. The summed E-state index contributed by atoms with van der Waals surface area (Å²) < 4.78 is 2.15. The zero-order valence-electron chi connectivity index (χ0n) is 14.5. The Balaban J connectivity index is 1.61. The molecule has 4 aromatic rings. The molecule has 0 atom stereocenters. The van der Waals surface area contributed by atoms with E-state index in [2.05, 4.69) is 10.3 Å². The van der Waals surface area contributed by atoms with Crippen LogP contribution in [0.25, 0.3) is 15.9 Å². The van der Waals surface area contributed by atoms with Crippen molar-refractivity contribution in [2.75, 3.05) is 11.1 Å². The van der Waals surface area contributed by atoms with Gasteiger partial charge in [0.15, 0.2) is 5.16 Å². The lowest BCUT2D eigenvalue weighted by Gasteiger charge is -2.12. The average molecular weight is 428 g/mol. The van der Waals surface area contributed by atoms with Gasteiger partial charge in [-0.15, -0.1) is 11.3 Å². The van der Waals surface area contributed by atoms with Gasteiger partial charge in [0.2, 0.25) is 5.91 Å². The first-order valence-electron chi connectivity index (χ1n) is 8.36. The first-order chi connectivity index (χ1) is 13.6. The van der Waals surface area contributed by atoms with Crippen LogP contribution >= 0.6 is 34.7 Å². The smallest absolute Gasteiger partial charge is 0.276 e. The zero-order valence-corrected chi connectivity index (χ0v) is 16.9. The van der Waals surface area contributed by atoms with Gasteiger partial charge in [0.1, 0.15) is 4.70 Å². The summed E-state index contributed by atoms with van der Waals surface area (Å²) in [4.78, 5) is 29.9. The number of thioether (sulfide) groups is 1. The minimum atomic E-state index is -0.188. The molecule has 1 N–H and O–H groups in total. The van der Waals surface area contributed by atoms with Crippen LogP contribution in [0.15, 0.2) is 76.0 Å². The molecule has 0 aliphatic rings. The summed E-state index contributed by atoms with van der Waals surface area (Å²) in [5.41, 5.74) is 1.89. The van der Waals surface area contributed by atoms with Crippen LogP contribution < -0.4 is 10.9 Å². The number of thiophene rings is 1. The Bertz CT molecular complexity index is 1190. The van der Waals surface area contributed by atoms with Gasteiger partial charge in [0.25, 0.3) is 5.56 Å². The van der Waals surface area contributed by atoms with E-state index in [0.717, 1.165) is 5.69 Å². The maximum atomic E-state index is 13.0. The normalized spacial score (nSPS) is 10.9. The molecular formula is C20H14ClN3O2S2. The minimum Gasteiger partial charge on any atom is -0.325 e. The van der Waals surface area contributed by atoms with Crippen molar-refractivity contribution in [2.45, 2.75) is 5.16 Å². The molecule has 0 fully saturated rings.